The fourth-order valence-corrected chi connectivity index (χ4v) is 5.33. The summed E-state index contributed by atoms with van der Waals surface area (Å²) in [6, 6.07) is 13.9. The van der Waals surface area contributed by atoms with Crippen LogP contribution in [0.3, 0.4) is 0 Å². The van der Waals surface area contributed by atoms with Crippen LogP contribution < -0.4 is 10.0 Å². The van der Waals surface area contributed by atoms with E-state index in [2.05, 4.69) is 10.0 Å². The van der Waals surface area contributed by atoms with Gasteiger partial charge in [0.05, 0.1) is 16.0 Å². The number of para-hydroxylation sites is 1. The summed E-state index contributed by atoms with van der Waals surface area (Å²) in [6.07, 6.45) is 2.66. The van der Waals surface area contributed by atoms with Gasteiger partial charge in [0.1, 0.15) is 0 Å². The number of fused-ring (bicyclic) bond motifs is 2. The number of anilines is 1. The smallest absolute Gasteiger partial charge is 0.256 e. The Morgan fingerprint density at radius 2 is 1.80 bits per heavy atom. The first-order valence-corrected chi connectivity index (χ1v) is 11.5. The molecule has 3 aromatic rings. The monoisotopic (exact) mass is 423 g/mol. The molecule has 2 N–H and O–H groups in total. The standard InChI is InChI=1S/C23H25N3O3S/c1-23(2,3)26-30(28,29)16-9-6-8-15(14-16)24-22(27)21-17-10-4-5-12-19(17)25-20-13-7-11-18(20)21/h4-6,8-10,12,14,26H,7,11,13H2,1-3H3,(H,24,27). The molecule has 1 amide bonds. The Kier molecular flexibility index (Phi) is 5.11. The fourth-order valence-electron chi connectivity index (χ4n) is 3.87. The Morgan fingerprint density at radius 3 is 2.57 bits per heavy atom. The third-order valence-electron chi connectivity index (χ3n) is 4.99. The summed E-state index contributed by atoms with van der Waals surface area (Å²) in [5.74, 6) is -0.245. The van der Waals surface area contributed by atoms with Crippen molar-refractivity contribution in [2.75, 3.05) is 5.32 Å². The lowest BCUT2D eigenvalue weighted by molar-refractivity contribution is 0.102. The van der Waals surface area contributed by atoms with Crippen molar-refractivity contribution in [1.29, 1.82) is 0 Å². The van der Waals surface area contributed by atoms with Crippen molar-refractivity contribution >= 4 is 32.5 Å². The maximum Gasteiger partial charge on any atom is 0.256 e. The van der Waals surface area contributed by atoms with E-state index in [-0.39, 0.29) is 10.8 Å². The highest BCUT2D eigenvalue weighted by atomic mass is 32.2. The molecular weight excluding hydrogens is 398 g/mol. The minimum absolute atomic E-state index is 0.111. The van der Waals surface area contributed by atoms with Gasteiger partial charge < -0.3 is 5.32 Å². The van der Waals surface area contributed by atoms with Crippen LogP contribution in [0.15, 0.2) is 53.4 Å². The van der Waals surface area contributed by atoms with Crippen LogP contribution in [0.25, 0.3) is 10.9 Å². The summed E-state index contributed by atoms with van der Waals surface area (Å²) in [5, 5.41) is 3.71. The number of sulfonamides is 1. The molecule has 4 rings (SSSR count). The van der Waals surface area contributed by atoms with Gasteiger partial charge >= 0.3 is 0 Å². The second-order valence-electron chi connectivity index (χ2n) is 8.62. The van der Waals surface area contributed by atoms with Gasteiger partial charge in [0, 0.05) is 22.3 Å². The maximum atomic E-state index is 13.3. The number of carbonyl (C=O) groups excluding carboxylic acids is 1. The molecule has 0 radical (unpaired) electrons. The molecule has 6 nitrogen and oxygen atoms in total. The van der Waals surface area contributed by atoms with Crippen LogP contribution >= 0.6 is 0 Å². The lowest BCUT2D eigenvalue weighted by Crippen LogP contribution is -2.40. The minimum Gasteiger partial charge on any atom is -0.322 e. The maximum absolute atomic E-state index is 13.3. The molecule has 1 heterocycles. The van der Waals surface area contributed by atoms with Crippen molar-refractivity contribution in [2.45, 2.75) is 50.5 Å². The van der Waals surface area contributed by atoms with Gasteiger partial charge in [-0.05, 0) is 69.9 Å². The SMILES string of the molecule is CC(C)(C)NS(=O)(=O)c1cccc(NC(=O)c2c3c(nc4ccccc24)CCC3)c1. The molecule has 0 bridgehead atoms. The van der Waals surface area contributed by atoms with Crippen LogP contribution in [-0.4, -0.2) is 24.8 Å². The fraction of sp³-hybridized carbons (Fsp3) is 0.304. The molecule has 0 saturated heterocycles. The number of hydrogen-bond donors (Lipinski definition) is 2. The Balaban J connectivity index is 1.70. The molecule has 1 aromatic heterocycles. The summed E-state index contributed by atoms with van der Waals surface area (Å²) in [4.78, 5) is 18.1. The zero-order valence-corrected chi connectivity index (χ0v) is 18.1. The van der Waals surface area contributed by atoms with Crippen molar-refractivity contribution in [3.05, 3.63) is 65.4 Å². The van der Waals surface area contributed by atoms with Gasteiger partial charge in [0.2, 0.25) is 10.0 Å². The molecule has 0 saturated carbocycles. The average molecular weight is 424 g/mol. The quantitative estimate of drug-likeness (QED) is 0.663. The lowest BCUT2D eigenvalue weighted by Gasteiger charge is -2.20. The van der Waals surface area contributed by atoms with Crippen LogP contribution in [0.2, 0.25) is 0 Å². The van der Waals surface area contributed by atoms with Gasteiger partial charge in [-0.2, -0.15) is 0 Å². The van der Waals surface area contributed by atoms with Crippen LogP contribution in [-0.2, 0) is 22.9 Å². The topological polar surface area (TPSA) is 88.2 Å². The molecule has 156 valence electrons. The van der Waals surface area contributed by atoms with Crippen molar-refractivity contribution < 1.29 is 13.2 Å². The van der Waals surface area contributed by atoms with E-state index < -0.39 is 15.6 Å². The number of hydrogen-bond acceptors (Lipinski definition) is 4. The summed E-state index contributed by atoms with van der Waals surface area (Å²) in [6.45, 7) is 5.35. The first kappa shape index (κ1) is 20.5. The van der Waals surface area contributed by atoms with Gasteiger partial charge in [-0.3, -0.25) is 9.78 Å². The number of rotatable bonds is 4. The molecule has 7 heteroatoms. The summed E-state index contributed by atoms with van der Waals surface area (Å²) in [7, 11) is -3.70. The number of nitrogens with zero attached hydrogens (tertiary/aromatic N) is 1. The summed E-state index contributed by atoms with van der Waals surface area (Å²) >= 11 is 0. The van der Waals surface area contributed by atoms with Crippen molar-refractivity contribution in [2.24, 2.45) is 0 Å². The number of aryl methyl sites for hydroxylation is 1. The number of aromatic nitrogens is 1. The normalized spacial score (nSPS) is 14.0. The number of carbonyl (C=O) groups is 1. The first-order chi connectivity index (χ1) is 14.1. The van der Waals surface area contributed by atoms with Crippen LogP contribution in [0, 0.1) is 0 Å². The van der Waals surface area contributed by atoms with E-state index in [1.807, 2.05) is 24.3 Å². The van der Waals surface area contributed by atoms with Crippen molar-refractivity contribution in [3.8, 4) is 0 Å². The van der Waals surface area contributed by atoms with E-state index in [0.717, 1.165) is 41.4 Å². The van der Waals surface area contributed by atoms with Crippen molar-refractivity contribution in [1.82, 2.24) is 9.71 Å². The molecule has 0 spiro atoms. The Hall–Kier alpha value is -2.77. The number of nitrogens with one attached hydrogen (secondary N) is 2. The third kappa shape index (κ3) is 4.08. The Bertz CT molecular complexity index is 1240. The second-order valence-corrected chi connectivity index (χ2v) is 10.3. The molecule has 0 aliphatic heterocycles. The van der Waals surface area contributed by atoms with Gasteiger partial charge in [0.15, 0.2) is 0 Å². The molecule has 2 aromatic carbocycles. The van der Waals surface area contributed by atoms with E-state index in [9.17, 15) is 13.2 Å². The summed E-state index contributed by atoms with van der Waals surface area (Å²) < 4.78 is 27.9. The Morgan fingerprint density at radius 1 is 1.03 bits per heavy atom. The number of amides is 1. The van der Waals surface area contributed by atoms with Crippen LogP contribution in [0.1, 0.15) is 48.8 Å². The minimum atomic E-state index is -3.70. The van der Waals surface area contributed by atoms with Crippen LogP contribution in [0.4, 0.5) is 5.69 Å². The van der Waals surface area contributed by atoms with E-state index >= 15 is 0 Å². The van der Waals surface area contributed by atoms with Gasteiger partial charge in [-0.15, -0.1) is 0 Å². The second kappa shape index (κ2) is 7.49. The lowest BCUT2D eigenvalue weighted by atomic mass is 10.0. The summed E-state index contributed by atoms with van der Waals surface area (Å²) in [5.41, 5.74) is 3.23. The molecular formula is C23H25N3O3S. The first-order valence-electron chi connectivity index (χ1n) is 10.00. The average Bonchev–Trinajstić information content (AvgIpc) is 3.12. The zero-order chi connectivity index (χ0) is 21.5. The van der Waals surface area contributed by atoms with Gasteiger partial charge in [-0.1, -0.05) is 24.3 Å². The highest BCUT2D eigenvalue weighted by molar-refractivity contribution is 7.89. The molecule has 0 unspecified atom stereocenters. The van der Waals surface area contributed by atoms with Gasteiger partial charge in [0.25, 0.3) is 5.91 Å². The molecule has 0 atom stereocenters. The van der Waals surface area contributed by atoms with Gasteiger partial charge in [-0.25, -0.2) is 13.1 Å². The largest absolute Gasteiger partial charge is 0.322 e. The predicted octanol–water partition coefficient (Wildman–Crippen LogP) is 4.05. The number of pyridine rings is 1. The molecule has 1 aliphatic carbocycles. The van der Waals surface area contributed by atoms with E-state index in [1.165, 1.54) is 12.1 Å². The predicted molar refractivity (Wildman–Crippen MR) is 118 cm³/mol. The molecule has 0 fully saturated rings. The zero-order valence-electron chi connectivity index (χ0n) is 17.3. The molecule has 1 aliphatic rings. The van der Waals surface area contributed by atoms with Crippen LogP contribution in [0.5, 0.6) is 0 Å². The van der Waals surface area contributed by atoms with E-state index in [0.29, 0.717) is 11.3 Å². The number of benzene rings is 2. The Labute approximate surface area is 176 Å². The van der Waals surface area contributed by atoms with E-state index in [1.54, 1.807) is 32.9 Å². The van der Waals surface area contributed by atoms with E-state index in [4.69, 9.17) is 4.98 Å². The third-order valence-corrected chi connectivity index (χ3v) is 6.74. The molecule has 30 heavy (non-hydrogen) atoms. The highest BCUT2D eigenvalue weighted by Gasteiger charge is 2.25. The van der Waals surface area contributed by atoms with Crippen molar-refractivity contribution in [3.63, 3.8) is 0 Å². The highest BCUT2D eigenvalue weighted by Crippen LogP contribution is 2.30.